The second-order valence-corrected chi connectivity index (χ2v) is 8.21. The number of thiazole rings is 1. The van der Waals surface area contributed by atoms with Crippen LogP contribution in [0.2, 0.25) is 5.02 Å². The Morgan fingerprint density at radius 1 is 1.50 bits per heavy atom. The lowest BCUT2D eigenvalue weighted by Gasteiger charge is -2.35. The molecule has 2 heterocycles. The molecule has 1 aromatic carbocycles. The topological polar surface area (TPSA) is 65.5 Å². The van der Waals surface area contributed by atoms with Crippen molar-refractivity contribution >= 4 is 34.8 Å². The normalized spacial score (nSPS) is 17.4. The lowest BCUT2D eigenvalue weighted by Crippen LogP contribution is -2.56. The number of aromatic nitrogens is 1. The summed E-state index contributed by atoms with van der Waals surface area (Å²) in [6.07, 6.45) is 0.0583. The summed E-state index contributed by atoms with van der Waals surface area (Å²) in [4.78, 5) is 32.9. The third-order valence-corrected chi connectivity index (χ3v) is 5.90. The second kappa shape index (κ2) is 8.98. The predicted octanol–water partition coefficient (Wildman–Crippen LogP) is 2.59. The van der Waals surface area contributed by atoms with Gasteiger partial charge in [-0.05, 0) is 24.6 Å². The summed E-state index contributed by atoms with van der Waals surface area (Å²) < 4.78 is 13.7. The van der Waals surface area contributed by atoms with Crippen molar-refractivity contribution in [3.8, 4) is 0 Å². The minimum absolute atomic E-state index is 0.0583. The maximum Gasteiger partial charge on any atom is 0.237 e. The van der Waals surface area contributed by atoms with Crippen LogP contribution in [0.4, 0.5) is 4.39 Å². The van der Waals surface area contributed by atoms with Crippen LogP contribution in [0.1, 0.15) is 22.7 Å². The molecule has 1 fully saturated rings. The van der Waals surface area contributed by atoms with Crippen LogP contribution in [0.5, 0.6) is 0 Å². The van der Waals surface area contributed by atoms with E-state index in [9.17, 15) is 14.0 Å². The molecule has 0 bridgehead atoms. The summed E-state index contributed by atoms with van der Waals surface area (Å²) in [7, 11) is 1.71. The van der Waals surface area contributed by atoms with Crippen molar-refractivity contribution in [1.82, 2.24) is 20.1 Å². The van der Waals surface area contributed by atoms with E-state index in [0.29, 0.717) is 31.7 Å². The van der Waals surface area contributed by atoms with Gasteiger partial charge in [0.05, 0.1) is 24.0 Å². The lowest BCUT2D eigenvalue weighted by molar-refractivity contribution is -0.138. The van der Waals surface area contributed by atoms with Gasteiger partial charge in [-0.25, -0.2) is 9.37 Å². The van der Waals surface area contributed by atoms with E-state index in [2.05, 4.69) is 10.3 Å². The van der Waals surface area contributed by atoms with Gasteiger partial charge in [-0.15, -0.1) is 11.3 Å². The molecular weight excluding hydrogens is 403 g/mol. The van der Waals surface area contributed by atoms with Crippen molar-refractivity contribution in [3.63, 3.8) is 0 Å². The summed E-state index contributed by atoms with van der Waals surface area (Å²) in [6, 6.07) is 4.00. The van der Waals surface area contributed by atoms with Crippen LogP contribution < -0.4 is 5.32 Å². The van der Waals surface area contributed by atoms with Crippen molar-refractivity contribution in [1.29, 1.82) is 0 Å². The van der Waals surface area contributed by atoms with Crippen LogP contribution in [-0.4, -0.2) is 52.8 Å². The maximum atomic E-state index is 13.7. The number of rotatable bonds is 6. The van der Waals surface area contributed by atoms with E-state index < -0.39 is 11.9 Å². The molecule has 6 nitrogen and oxygen atoms in total. The SMILES string of the molecule is Cc1csc(CN(C)C(=O)C[C@@H]2C(=O)NCCN2Cc2ccc(Cl)c(F)c2)n1. The smallest absolute Gasteiger partial charge is 0.237 e. The van der Waals surface area contributed by atoms with E-state index >= 15 is 0 Å². The van der Waals surface area contributed by atoms with E-state index in [1.54, 1.807) is 18.0 Å². The van der Waals surface area contributed by atoms with Gasteiger partial charge < -0.3 is 10.2 Å². The largest absolute Gasteiger partial charge is 0.353 e. The van der Waals surface area contributed by atoms with Gasteiger partial charge in [-0.2, -0.15) is 0 Å². The second-order valence-electron chi connectivity index (χ2n) is 6.86. The summed E-state index contributed by atoms with van der Waals surface area (Å²) >= 11 is 7.25. The van der Waals surface area contributed by atoms with E-state index in [0.717, 1.165) is 10.7 Å². The fourth-order valence-electron chi connectivity index (χ4n) is 3.13. The molecule has 0 radical (unpaired) electrons. The van der Waals surface area contributed by atoms with Crippen LogP contribution in [0.3, 0.4) is 0 Å². The Morgan fingerprint density at radius 2 is 2.29 bits per heavy atom. The summed E-state index contributed by atoms with van der Waals surface area (Å²) in [5.41, 5.74) is 1.63. The van der Waals surface area contributed by atoms with E-state index in [-0.39, 0.29) is 23.3 Å². The average molecular weight is 425 g/mol. The number of hydrogen-bond acceptors (Lipinski definition) is 5. The average Bonchev–Trinajstić information content (AvgIpc) is 3.05. The third kappa shape index (κ3) is 5.06. The van der Waals surface area contributed by atoms with Gasteiger partial charge in [-0.1, -0.05) is 17.7 Å². The molecule has 1 N–H and O–H groups in total. The summed E-state index contributed by atoms with van der Waals surface area (Å²) in [5.74, 6) is -0.818. The van der Waals surface area contributed by atoms with E-state index in [4.69, 9.17) is 11.6 Å². The maximum absolute atomic E-state index is 13.7. The van der Waals surface area contributed by atoms with Crippen LogP contribution in [0.25, 0.3) is 0 Å². The Kier molecular flexibility index (Phi) is 6.64. The van der Waals surface area contributed by atoms with Crippen molar-refractivity contribution in [3.05, 3.63) is 50.7 Å². The molecule has 1 aromatic heterocycles. The minimum Gasteiger partial charge on any atom is -0.353 e. The first kappa shape index (κ1) is 20.7. The Labute approximate surface area is 172 Å². The first-order valence-electron chi connectivity index (χ1n) is 8.94. The molecule has 150 valence electrons. The van der Waals surface area contributed by atoms with Gasteiger partial charge in [-0.3, -0.25) is 14.5 Å². The fraction of sp³-hybridized carbons (Fsp3) is 0.421. The van der Waals surface area contributed by atoms with Crippen molar-refractivity contribution in [2.24, 2.45) is 0 Å². The van der Waals surface area contributed by atoms with Crippen LogP contribution in [0, 0.1) is 12.7 Å². The molecule has 3 rings (SSSR count). The van der Waals surface area contributed by atoms with E-state index in [1.165, 1.54) is 23.5 Å². The summed E-state index contributed by atoms with van der Waals surface area (Å²) in [6.45, 7) is 3.77. The van der Waals surface area contributed by atoms with Gasteiger partial charge in [0.1, 0.15) is 10.8 Å². The number of piperazine rings is 1. The molecule has 1 saturated heterocycles. The molecule has 0 saturated carbocycles. The number of amides is 2. The van der Waals surface area contributed by atoms with Crippen molar-refractivity contribution < 1.29 is 14.0 Å². The third-order valence-electron chi connectivity index (χ3n) is 4.64. The molecule has 1 aliphatic rings. The first-order valence-corrected chi connectivity index (χ1v) is 10.2. The lowest BCUT2D eigenvalue weighted by atomic mass is 10.1. The Balaban J connectivity index is 1.66. The number of nitrogens with one attached hydrogen (secondary N) is 1. The molecule has 2 amide bonds. The molecule has 2 aromatic rings. The molecule has 1 aliphatic heterocycles. The summed E-state index contributed by atoms with van der Waals surface area (Å²) in [5, 5.41) is 5.67. The van der Waals surface area contributed by atoms with Crippen LogP contribution in [-0.2, 0) is 22.7 Å². The Bertz CT molecular complexity index is 875. The Morgan fingerprint density at radius 3 is 2.96 bits per heavy atom. The molecular formula is C19H22ClFN4O2S. The highest BCUT2D eigenvalue weighted by atomic mass is 35.5. The van der Waals surface area contributed by atoms with Crippen LogP contribution >= 0.6 is 22.9 Å². The molecule has 28 heavy (non-hydrogen) atoms. The first-order chi connectivity index (χ1) is 13.3. The quantitative estimate of drug-likeness (QED) is 0.774. The molecule has 1 atom stereocenters. The standard InChI is InChI=1S/C19H22ClFN4O2S/c1-12-11-28-17(23-12)10-24(2)18(26)8-16-19(27)22-5-6-25(16)9-13-3-4-14(20)15(21)7-13/h3-4,7,11,16H,5-6,8-10H2,1-2H3,(H,22,27)/t16-/m1/s1. The van der Waals surface area contributed by atoms with Gasteiger partial charge in [0.15, 0.2) is 0 Å². The molecule has 9 heteroatoms. The molecule has 0 unspecified atom stereocenters. The monoisotopic (exact) mass is 424 g/mol. The predicted molar refractivity (Wildman–Crippen MR) is 107 cm³/mol. The van der Waals surface area contributed by atoms with Crippen molar-refractivity contribution in [2.75, 3.05) is 20.1 Å². The highest BCUT2D eigenvalue weighted by molar-refractivity contribution is 7.09. The van der Waals surface area contributed by atoms with Gasteiger partial charge in [0.25, 0.3) is 0 Å². The van der Waals surface area contributed by atoms with Gasteiger partial charge >= 0.3 is 0 Å². The number of carbonyl (C=O) groups excluding carboxylic acids is 2. The van der Waals surface area contributed by atoms with Gasteiger partial charge in [0, 0.05) is 37.8 Å². The minimum atomic E-state index is -0.597. The molecule has 0 spiro atoms. The number of halogens is 2. The number of hydrogen-bond donors (Lipinski definition) is 1. The number of aryl methyl sites for hydroxylation is 1. The van der Waals surface area contributed by atoms with E-state index in [1.807, 2.05) is 17.2 Å². The molecule has 0 aliphatic carbocycles. The van der Waals surface area contributed by atoms with Crippen molar-refractivity contribution in [2.45, 2.75) is 32.5 Å². The number of nitrogens with zero attached hydrogens (tertiary/aromatic N) is 3. The zero-order valence-corrected chi connectivity index (χ0v) is 17.3. The van der Waals surface area contributed by atoms with Crippen LogP contribution in [0.15, 0.2) is 23.6 Å². The zero-order valence-electron chi connectivity index (χ0n) is 15.7. The zero-order chi connectivity index (χ0) is 20.3. The van der Waals surface area contributed by atoms with Gasteiger partial charge in [0.2, 0.25) is 11.8 Å². The highest BCUT2D eigenvalue weighted by Gasteiger charge is 2.32. The fourth-order valence-corrected chi connectivity index (χ4v) is 4.08. The number of benzene rings is 1. The number of carbonyl (C=O) groups is 2. The Hall–Kier alpha value is -2.03. The highest BCUT2D eigenvalue weighted by Crippen LogP contribution is 2.20.